The minimum absolute atomic E-state index is 0.0287. The van der Waals surface area contributed by atoms with Crippen molar-refractivity contribution in [1.29, 1.82) is 0 Å². The molecule has 2 aromatic heterocycles. The van der Waals surface area contributed by atoms with E-state index >= 15 is 0 Å². The summed E-state index contributed by atoms with van der Waals surface area (Å²) in [7, 11) is -1.07. The summed E-state index contributed by atoms with van der Waals surface area (Å²) >= 11 is 1.60. The summed E-state index contributed by atoms with van der Waals surface area (Å²) in [5.41, 5.74) is 2.97. The molecule has 8 heteroatoms. The van der Waals surface area contributed by atoms with Gasteiger partial charge in [0.2, 0.25) is 0 Å². The molecule has 0 amide bonds. The summed E-state index contributed by atoms with van der Waals surface area (Å²) in [5, 5.41) is 5.28. The highest BCUT2D eigenvalue weighted by Crippen LogP contribution is 2.34. The van der Waals surface area contributed by atoms with Crippen molar-refractivity contribution in [2.75, 3.05) is 16.4 Å². The average Bonchev–Trinajstić information content (AvgIpc) is 3.23. The summed E-state index contributed by atoms with van der Waals surface area (Å²) in [4.78, 5) is 6.93. The number of fused-ring (bicyclic) bond motifs is 1. The highest BCUT2D eigenvalue weighted by atomic mass is 32.2. The van der Waals surface area contributed by atoms with Crippen LogP contribution in [0.3, 0.4) is 0 Å². The number of sulfone groups is 1. The van der Waals surface area contributed by atoms with E-state index < -0.39 is 9.84 Å². The zero-order chi connectivity index (χ0) is 17.6. The first-order valence-electron chi connectivity index (χ1n) is 8.24. The van der Waals surface area contributed by atoms with Crippen LogP contribution >= 0.6 is 11.3 Å². The Hall–Kier alpha value is -1.93. The van der Waals surface area contributed by atoms with Crippen LogP contribution < -0.4 is 4.90 Å². The molecule has 0 bridgehead atoms. The Kier molecular flexibility index (Phi) is 4.04. The normalized spacial score (nSPS) is 19.5. The van der Waals surface area contributed by atoms with Gasteiger partial charge >= 0.3 is 0 Å². The van der Waals surface area contributed by atoms with Crippen molar-refractivity contribution in [3.63, 3.8) is 0 Å². The van der Waals surface area contributed by atoms with Crippen LogP contribution in [0.2, 0.25) is 0 Å². The summed E-state index contributed by atoms with van der Waals surface area (Å²) < 4.78 is 26.9. The molecule has 4 rings (SSSR count). The molecule has 1 unspecified atom stereocenters. The second kappa shape index (κ2) is 6.10. The second-order valence-corrected chi connectivity index (χ2v) is 9.73. The number of rotatable bonds is 4. The summed E-state index contributed by atoms with van der Waals surface area (Å²) in [5.74, 6) is 0.460. The summed E-state index contributed by atoms with van der Waals surface area (Å²) in [6.07, 6.45) is 0.655. The molecule has 0 aliphatic carbocycles. The number of hydrogen-bond donors (Lipinski definition) is 0. The first-order chi connectivity index (χ1) is 11.9. The Bertz CT molecular complexity index is 974. The van der Waals surface area contributed by atoms with E-state index in [-0.39, 0.29) is 17.5 Å². The molecule has 6 nitrogen and oxygen atoms in total. The molecule has 1 fully saturated rings. The van der Waals surface area contributed by atoms with E-state index in [0.29, 0.717) is 13.0 Å². The van der Waals surface area contributed by atoms with Crippen LogP contribution in [-0.4, -0.2) is 40.7 Å². The fourth-order valence-electron chi connectivity index (χ4n) is 3.35. The molecule has 1 aliphatic heterocycles. The fraction of sp³-hybridized carbons (Fsp3) is 0.412. The van der Waals surface area contributed by atoms with Gasteiger partial charge in [-0.3, -0.25) is 0 Å². The maximum atomic E-state index is 12.0. The van der Waals surface area contributed by atoms with Gasteiger partial charge < -0.3 is 4.90 Å². The molecule has 1 atom stereocenters. The molecule has 3 heterocycles. The van der Waals surface area contributed by atoms with Crippen LogP contribution in [-0.2, 0) is 23.4 Å². The lowest BCUT2D eigenvalue weighted by Crippen LogP contribution is -2.35. The van der Waals surface area contributed by atoms with E-state index in [4.69, 9.17) is 4.98 Å². The van der Waals surface area contributed by atoms with Gasteiger partial charge in [-0.1, -0.05) is 41.7 Å². The second-order valence-electron chi connectivity index (χ2n) is 6.53. The summed E-state index contributed by atoms with van der Waals surface area (Å²) in [6, 6.07) is 10.1. The third-order valence-electron chi connectivity index (χ3n) is 4.62. The maximum Gasteiger partial charge on any atom is 0.188 e. The van der Waals surface area contributed by atoms with E-state index in [1.807, 2.05) is 32.2 Å². The average molecular weight is 377 g/mol. The number of benzene rings is 1. The lowest BCUT2D eigenvalue weighted by molar-refractivity contribution is 0.598. The topological polar surface area (TPSA) is 68.1 Å². The van der Waals surface area contributed by atoms with Gasteiger partial charge in [0.05, 0.1) is 21.9 Å². The molecule has 0 spiro atoms. The van der Waals surface area contributed by atoms with E-state index in [1.165, 1.54) is 0 Å². The molecule has 1 aliphatic rings. The van der Waals surface area contributed by atoms with Crippen LogP contribution in [0.25, 0.3) is 10.3 Å². The summed E-state index contributed by atoms with van der Waals surface area (Å²) in [6.45, 7) is 2.64. The van der Waals surface area contributed by atoms with Crippen molar-refractivity contribution in [1.82, 2.24) is 14.8 Å². The minimum atomic E-state index is -2.96. The van der Waals surface area contributed by atoms with Crippen LogP contribution in [0, 0.1) is 6.92 Å². The third-order valence-corrected chi connectivity index (χ3v) is 7.56. The lowest BCUT2D eigenvalue weighted by Gasteiger charge is -2.27. The van der Waals surface area contributed by atoms with Gasteiger partial charge in [-0.15, -0.1) is 0 Å². The van der Waals surface area contributed by atoms with Crippen LogP contribution in [0.5, 0.6) is 0 Å². The number of nitrogens with zero attached hydrogens (tertiary/aromatic N) is 4. The van der Waals surface area contributed by atoms with E-state index in [1.54, 1.807) is 16.0 Å². The highest BCUT2D eigenvalue weighted by Gasteiger charge is 2.34. The molecule has 0 saturated carbocycles. The van der Waals surface area contributed by atoms with Crippen molar-refractivity contribution in [2.24, 2.45) is 7.05 Å². The largest absolute Gasteiger partial charge is 0.340 e. The SMILES string of the molecule is Cc1nn(C)c2nc(N(Cc3ccccc3)C3CCS(=O)(=O)C3)sc12. The van der Waals surface area contributed by atoms with E-state index in [9.17, 15) is 8.42 Å². The number of hydrogen-bond acceptors (Lipinski definition) is 6. The first-order valence-corrected chi connectivity index (χ1v) is 10.9. The van der Waals surface area contributed by atoms with Gasteiger partial charge in [0.15, 0.2) is 20.6 Å². The molecule has 1 saturated heterocycles. The number of anilines is 1. The highest BCUT2D eigenvalue weighted by molar-refractivity contribution is 7.91. The zero-order valence-electron chi connectivity index (χ0n) is 14.2. The van der Waals surface area contributed by atoms with E-state index in [2.05, 4.69) is 22.1 Å². The predicted molar refractivity (Wildman–Crippen MR) is 101 cm³/mol. The molecule has 25 heavy (non-hydrogen) atoms. The number of aryl methyl sites for hydroxylation is 2. The molecular weight excluding hydrogens is 356 g/mol. The standard InChI is InChI=1S/C17H20N4O2S2/c1-12-15-16(20(2)19-12)18-17(24-15)21(10-13-6-4-3-5-7-13)14-8-9-25(22,23)11-14/h3-7,14H,8-11H2,1-2H3. The Labute approximate surface area is 151 Å². The predicted octanol–water partition coefficient (Wildman–Crippen LogP) is 2.53. The van der Waals surface area contributed by atoms with E-state index in [0.717, 1.165) is 26.7 Å². The molecule has 132 valence electrons. The van der Waals surface area contributed by atoms with Crippen molar-refractivity contribution in [2.45, 2.75) is 25.9 Å². The van der Waals surface area contributed by atoms with Crippen molar-refractivity contribution >= 4 is 36.7 Å². The van der Waals surface area contributed by atoms with Gasteiger partial charge in [-0.05, 0) is 18.9 Å². The smallest absolute Gasteiger partial charge is 0.188 e. The van der Waals surface area contributed by atoms with Crippen molar-refractivity contribution in [3.8, 4) is 0 Å². The number of thiazole rings is 1. The van der Waals surface area contributed by atoms with Crippen LogP contribution in [0.15, 0.2) is 30.3 Å². The third kappa shape index (κ3) is 3.16. The minimum Gasteiger partial charge on any atom is -0.340 e. The van der Waals surface area contributed by atoms with Crippen LogP contribution in [0.4, 0.5) is 5.13 Å². The Balaban J connectivity index is 1.74. The number of aromatic nitrogens is 3. The molecule has 0 radical (unpaired) electrons. The maximum absolute atomic E-state index is 12.0. The molecule has 0 N–H and O–H groups in total. The van der Waals surface area contributed by atoms with Gasteiger partial charge in [0.1, 0.15) is 0 Å². The van der Waals surface area contributed by atoms with Gasteiger partial charge in [0, 0.05) is 19.6 Å². The van der Waals surface area contributed by atoms with Crippen molar-refractivity contribution in [3.05, 3.63) is 41.6 Å². The van der Waals surface area contributed by atoms with Crippen LogP contribution in [0.1, 0.15) is 17.7 Å². The molecule has 3 aromatic rings. The zero-order valence-corrected chi connectivity index (χ0v) is 15.8. The quantitative estimate of drug-likeness (QED) is 0.700. The molecular formula is C17H20N4O2S2. The monoisotopic (exact) mass is 376 g/mol. The van der Waals surface area contributed by atoms with Gasteiger partial charge in [-0.2, -0.15) is 5.10 Å². The van der Waals surface area contributed by atoms with Gasteiger partial charge in [-0.25, -0.2) is 18.1 Å². The van der Waals surface area contributed by atoms with Crippen molar-refractivity contribution < 1.29 is 8.42 Å². The Morgan fingerprint density at radius 3 is 2.72 bits per heavy atom. The first kappa shape index (κ1) is 16.5. The molecule has 1 aromatic carbocycles. The Morgan fingerprint density at radius 1 is 1.32 bits per heavy atom. The van der Waals surface area contributed by atoms with Gasteiger partial charge in [0.25, 0.3) is 0 Å². The fourth-order valence-corrected chi connectivity index (χ4v) is 6.18. The Morgan fingerprint density at radius 2 is 2.08 bits per heavy atom. The lowest BCUT2D eigenvalue weighted by atomic mass is 10.1.